The fourth-order valence-corrected chi connectivity index (χ4v) is 3.33. The van der Waals surface area contributed by atoms with Crippen molar-refractivity contribution in [2.45, 2.75) is 11.8 Å². The van der Waals surface area contributed by atoms with E-state index in [-0.39, 0.29) is 30.2 Å². The number of aryl methyl sites for hydroxylation is 1. The van der Waals surface area contributed by atoms with E-state index in [1.165, 1.54) is 18.2 Å². The molecule has 0 fully saturated rings. The molecule has 2 aromatic rings. The molecule has 0 aromatic heterocycles. The fraction of sp³-hybridized carbons (Fsp3) is 0.200. The Morgan fingerprint density at radius 3 is 2.56 bits per heavy atom. The number of benzene rings is 2. The summed E-state index contributed by atoms with van der Waals surface area (Å²) >= 11 is 0. The number of nitrogens with one attached hydrogen (secondary N) is 2. The van der Waals surface area contributed by atoms with E-state index in [2.05, 4.69) is 10.0 Å². The molecule has 0 aliphatic rings. The summed E-state index contributed by atoms with van der Waals surface area (Å²) in [5.74, 6) is -0.937. The van der Waals surface area contributed by atoms with Gasteiger partial charge in [-0.3, -0.25) is 14.8 Å². The Bertz CT molecular complexity index is 902. The third-order valence-electron chi connectivity index (χ3n) is 3.26. The van der Waals surface area contributed by atoms with Gasteiger partial charge in [-0.25, -0.2) is 12.8 Å². The van der Waals surface area contributed by atoms with E-state index in [1.54, 1.807) is 6.92 Å². The minimum absolute atomic E-state index is 0.103. The van der Waals surface area contributed by atoms with Gasteiger partial charge in [0.2, 0.25) is 0 Å². The lowest BCUT2D eigenvalue weighted by Crippen LogP contribution is -2.17. The average molecular weight is 369 g/mol. The van der Waals surface area contributed by atoms with E-state index < -0.39 is 25.7 Å². The third-order valence-corrected chi connectivity index (χ3v) is 4.64. The van der Waals surface area contributed by atoms with E-state index in [0.29, 0.717) is 5.56 Å². The van der Waals surface area contributed by atoms with Crippen LogP contribution in [0.3, 0.4) is 0 Å². The van der Waals surface area contributed by atoms with Crippen molar-refractivity contribution >= 4 is 27.1 Å². The van der Waals surface area contributed by atoms with Gasteiger partial charge in [-0.15, -0.1) is 0 Å². The molecule has 0 bridgehead atoms. The predicted molar refractivity (Wildman–Crippen MR) is 90.6 cm³/mol. The molecule has 0 unspecified atom stereocenters. The largest absolute Gasteiger partial charge is 0.395 e. The van der Waals surface area contributed by atoms with Gasteiger partial charge in [-0.1, -0.05) is 6.07 Å². The maximum absolute atomic E-state index is 13.9. The van der Waals surface area contributed by atoms with Gasteiger partial charge in [0.05, 0.1) is 22.9 Å². The van der Waals surface area contributed by atoms with Gasteiger partial charge in [-0.2, -0.15) is 0 Å². The molecule has 0 amide bonds. The zero-order chi connectivity index (χ0) is 18.6. The first-order chi connectivity index (χ1) is 11.7. The van der Waals surface area contributed by atoms with Crippen molar-refractivity contribution in [3.8, 4) is 0 Å². The topological polar surface area (TPSA) is 122 Å². The van der Waals surface area contributed by atoms with Gasteiger partial charge in [-0.05, 0) is 30.7 Å². The number of hydrogen-bond acceptors (Lipinski definition) is 6. The molecule has 8 nitrogen and oxygen atoms in total. The van der Waals surface area contributed by atoms with Crippen molar-refractivity contribution < 1.29 is 22.8 Å². The SMILES string of the molecule is Cc1ccc(F)c(S(=O)(=O)Nc2cc([N+](=O)[O-])ccc2NCCO)c1. The van der Waals surface area contributed by atoms with Crippen LogP contribution in [0.5, 0.6) is 0 Å². The fourth-order valence-electron chi connectivity index (χ4n) is 2.09. The Kier molecular flexibility index (Phi) is 5.55. The van der Waals surface area contributed by atoms with Gasteiger partial charge in [0.1, 0.15) is 10.7 Å². The first kappa shape index (κ1) is 18.6. The lowest BCUT2D eigenvalue weighted by Gasteiger charge is -2.14. The number of halogens is 1. The Morgan fingerprint density at radius 1 is 1.20 bits per heavy atom. The van der Waals surface area contributed by atoms with Crippen molar-refractivity contribution in [2.75, 3.05) is 23.2 Å². The van der Waals surface area contributed by atoms with Crippen molar-refractivity contribution in [2.24, 2.45) is 0 Å². The van der Waals surface area contributed by atoms with Crippen molar-refractivity contribution in [1.82, 2.24) is 0 Å². The Hall–Kier alpha value is -2.72. The number of anilines is 2. The van der Waals surface area contributed by atoms with Crippen LogP contribution >= 0.6 is 0 Å². The average Bonchev–Trinajstić information content (AvgIpc) is 2.55. The highest BCUT2D eigenvalue weighted by atomic mass is 32.2. The molecule has 0 atom stereocenters. The van der Waals surface area contributed by atoms with E-state index >= 15 is 0 Å². The van der Waals surface area contributed by atoms with Crippen LogP contribution in [0.25, 0.3) is 0 Å². The van der Waals surface area contributed by atoms with Gasteiger partial charge in [0, 0.05) is 18.7 Å². The normalized spacial score (nSPS) is 11.2. The standard InChI is InChI=1S/C15H16FN3O5S/c1-10-2-4-12(16)15(8-10)25(23,24)18-14-9-11(19(21)22)3-5-13(14)17-6-7-20/h2-5,8-9,17-18,20H,6-7H2,1H3. The molecule has 0 aliphatic carbocycles. The summed E-state index contributed by atoms with van der Waals surface area (Å²) in [6, 6.07) is 7.13. The summed E-state index contributed by atoms with van der Waals surface area (Å²) in [5.41, 5.74) is 0.302. The number of non-ortho nitro benzene ring substituents is 1. The number of aliphatic hydroxyl groups is 1. The minimum atomic E-state index is -4.31. The second-order valence-electron chi connectivity index (χ2n) is 5.18. The lowest BCUT2D eigenvalue weighted by molar-refractivity contribution is -0.384. The third kappa shape index (κ3) is 4.43. The van der Waals surface area contributed by atoms with Crippen LogP contribution in [0.15, 0.2) is 41.3 Å². The Morgan fingerprint density at radius 2 is 1.92 bits per heavy atom. The minimum Gasteiger partial charge on any atom is -0.395 e. The smallest absolute Gasteiger partial charge is 0.271 e. The second-order valence-corrected chi connectivity index (χ2v) is 6.83. The zero-order valence-electron chi connectivity index (χ0n) is 13.2. The molecule has 10 heteroatoms. The molecule has 3 N–H and O–H groups in total. The summed E-state index contributed by atoms with van der Waals surface area (Å²) in [5, 5.41) is 22.5. The molecule has 0 heterocycles. The van der Waals surface area contributed by atoms with Crippen LogP contribution in [0, 0.1) is 22.9 Å². The Balaban J connectivity index is 2.47. The van der Waals surface area contributed by atoms with Crippen LogP contribution in [0.2, 0.25) is 0 Å². The molecule has 134 valence electrons. The maximum Gasteiger partial charge on any atom is 0.271 e. The molecular formula is C15H16FN3O5S. The van der Waals surface area contributed by atoms with Crippen LogP contribution in [-0.4, -0.2) is 31.6 Å². The maximum atomic E-state index is 13.9. The van der Waals surface area contributed by atoms with E-state index in [4.69, 9.17) is 5.11 Å². The second kappa shape index (κ2) is 7.45. The molecule has 0 saturated carbocycles. The van der Waals surface area contributed by atoms with Crippen molar-refractivity contribution in [3.63, 3.8) is 0 Å². The zero-order valence-corrected chi connectivity index (χ0v) is 14.0. The summed E-state index contributed by atoms with van der Waals surface area (Å²) in [4.78, 5) is 9.68. The number of sulfonamides is 1. The summed E-state index contributed by atoms with van der Waals surface area (Å²) in [6.07, 6.45) is 0. The number of hydrogen-bond donors (Lipinski definition) is 3. The van der Waals surface area contributed by atoms with Crippen LogP contribution in [-0.2, 0) is 10.0 Å². The molecule has 0 aliphatic heterocycles. The first-order valence-electron chi connectivity index (χ1n) is 7.17. The number of rotatable bonds is 7. The van der Waals surface area contributed by atoms with E-state index in [0.717, 1.165) is 18.2 Å². The highest BCUT2D eigenvalue weighted by molar-refractivity contribution is 7.92. The van der Waals surface area contributed by atoms with Gasteiger partial charge >= 0.3 is 0 Å². The summed E-state index contributed by atoms with van der Waals surface area (Å²) < 4.78 is 41.0. The molecule has 0 saturated heterocycles. The molecule has 2 aromatic carbocycles. The molecule has 0 spiro atoms. The molecule has 2 rings (SSSR count). The summed E-state index contributed by atoms with van der Waals surface area (Å²) in [6.45, 7) is 1.49. The predicted octanol–water partition coefficient (Wildman–Crippen LogP) is 2.25. The van der Waals surface area contributed by atoms with Gasteiger partial charge in [0.15, 0.2) is 0 Å². The van der Waals surface area contributed by atoms with E-state index in [9.17, 15) is 22.9 Å². The molecule has 0 radical (unpaired) electrons. The number of aliphatic hydroxyl groups excluding tert-OH is 1. The van der Waals surface area contributed by atoms with Crippen molar-refractivity contribution in [3.05, 3.63) is 57.9 Å². The molecule has 25 heavy (non-hydrogen) atoms. The monoisotopic (exact) mass is 369 g/mol. The van der Waals surface area contributed by atoms with Gasteiger partial charge < -0.3 is 10.4 Å². The highest BCUT2D eigenvalue weighted by Gasteiger charge is 2.22. The number of nitro groups is 1. The van der Waals surface area contributed by atoms with Crippen LogP contribution < -0.4 is 10.0 Å². The summed E-state index contributed by atoms with van der Waals surface area (Å²) in [7, 11) is -4.31. The van der Waals surface area contributed by atoms with E-state index in [1.807, 2.05) is 0 Å². The van der Waals surface area contributed by atoms with Crippen LogP contribution in [0.4, 0.5) is 21.5 Å². The highest BCUT2D eigenvalue weighted by Crippen LogP contribution is 2.29. The molecular weight excluding hydrogens is 353 g/mol. The van der Waals surface area contributed by atoms with Crippen molar-refractivity contribution in [1.29, 1.82) is 0 Å². The quantitative estimate of drug-likeness (QED) is 0.508. The number of nitrogens with zero attached hydrogens (tertiary/aromatic N) is 1. The first-order valence-corrected chi connectivity index (χ1v) is 8.65. The van der Waals surface area contributed by atoms with Crippen LogP contribution in [0.1, 0.15) is 5.56 Å². The Labute approximate surface area is 143 Å². The lowest BCUT2D eigenvalue weighted by atomic mass is 10.2. The van der Waals surface area contributed by atoms with Gasteiger partial charge in [0.25, 0.3) is 15.7 Å². The number of nitro benzene ring substituents is 1.